The molecule has 0 bridgehead atoms. The molecule has 2 aromatic carbocycles. The van der Waals surface area contributed by atoms with E-state index < -0.39 is 18.6 Å². The zero-order valence-electron chi connectivity index (χ0n) is 17.3. The van der Waals surface area contributed by atoms with Crippen molar-refractivity contribution in [1.29, 1.82) is 0 Å². The van der Waals surface area contributed by atoms with E-state index in [2.05, 4.69) is 4.74 Å². The van der Waals surface area contributed by atoms with Gasteiger partial charge in [-0.1, -0.05) is 12.1 Å². The van der Waals surface area contributed by atoms with Crippen molar-refractivity contribution in [3.05, 3.63) is 48.0 Å². The van der Waals surface area contributed by atoms with Gasteiger partial charge in [-0.25, -0.2) is 0 Å². The summed E-state index contributed by atoms with van der Waals surface area (Å²) in [7, 11) is 1.29. The van der Waals surface area contributed by atoms with Crippen LogP contribution in [0.15, 0.2) is 42.5 Å². The molecule has 2 heterocycles. The fraction of sp³-hybridized carbons (Fsp3) is 0.364. The van der Waals surface area contributed by atoms with Gasteiger partial charge in [0.15, 0.2) is 17.6 Å². The van der Waals surface area contributed by atoms with Gasteiger partial charge in [-0.05, 0) is 30.3 Å². The number of hydrogen-bond acceptors (Lipinski definition) is 6. The first-order chi connectivity index (χ1) is 15.5. The number of hydrogen-bond donors (Lipinski definition) is 0. The lowest BCUT2D eigenvalue weighted by molar-refractivity contribution is -0.142. The van der Waals surface area contributed by atoms with Crippen LogP contribution < -0.4 is 19.1 Å². The van der Waals surface area contributed by atoms with Crippen LogP contribution in [-0.4, -0.2) is 69.4 Å². The molecule has 10 heteroatoms. The van der Waals surface area contributed by atoms with Crippen LogP contribution in [0.3, 0.4) is 0 Å². The molecule has 1 fully saturated rings. The second-order valence-corrected chi connectivity index (χ2v) is 7.17. The van der Waals surface area contributed by atoms with Crippen molar-refractivity contribution in [2.24, 2.45) is 0 Å². The number of ether oxygens (including phenoxy) is 4. The molecule has 1 unspecified atom stereocenters. The van der Waals surface area contributed by atoms with E-state index in [0.717, 1.165) is 0 Å². The number of para-hydroxylation sites is 2. The summed E-state index contributed by atoms with van der Waals surface area (Å²) in [5.41, 5.74) is 0.702. The SMILES string of the molecule is COc1cc(C(=O)N2CC(C(=O)N3CCOCC3)Oc3ccccc32)ccc1OC(F)F. The molecule has 1 atom stereocenters. The highest BCUT2D eigenvalue weighted by Crippen LogP contribution is 2.36. The standard InChI is InChI=1S/C22H22F2N2O6/c1-29-18-12-14(6-7-17(18)32-22(23)24)20(27)26-13-19(21(28)25-8-10-30-11-9-25)31-16-5-3-2-4-15(16)26/h2-7,12,19,22H,8-11,13H2,1H3. The number of morpholine rings is 1. The number of anilines is 1. The van der Waals surface area contributed by atoms with Gasteiger partial charge < -0.3 is 28.7 Å². The van der Waals surface area contributed by atoms with Crippen LogP contribution >= 0.6 is 0 Å². The summed E-state index contributed by atoms with van der Waals surface area (Å²) in [6.07, 6.45) is -0.879. The molecule has 170 valence electrons. The van der Waals surface area contributed by atoms with E-state index >= 15 is 0 Å². The Morgan fingerprint density at radius 2 is 1.84 bits per heavy atom. The van der Waals surface area contributed by atoms with E-state index in [1.54, 1.807) is 29.2 Å². The largest absolute Gasteiger partial charge is 0.493 e. The minimum atomic E-state index is -3.02. The normalized spacial score (nSPS) is 18.1. The van der Waals surface area contributed by atoms with Crippen LogP contribution in [0, 0.1) is 0 Å². The predicted octanol–water partition coefficient (Wildman–Crippen LogP) is 2.56. The second kappa shape index (κ2) is 9.39. The first-order valence-electron chi connectivity index (χ1n) is 10.0. The summed E-state index contributed by atoms with van der Waals surface area (Å²) < 4.78 is 46.0. The molecule has 2 amide bonds. The first-order valence-corrected chi connectivity index (χ1v) is 10.0. The topological polar surface area (TPSA) is 77.5 Å². The van der Waals surface area contributed by atoms with Crippen LogP contribution in [-0.2, 0) is 9.53 Å². The molecule has 2 aliphatic rings. The molecule has 1 saturated heterocycles. The second-order valence-electron chi connectivity index (χ2n) is 7.17. The molecule has 2 aliphatic heterocycles. The van der Waals surface area contributed by atoms with E-state index in [1.165, 1.54) is 30.2 Å². The quantitative estimate of drug-likeness (QED) is 0.700. The molecule has 8 nitrogen and oxygen atoms in total. The fourth-order valence-electron chi connectivity index (χ4n) is 3.69. The van der Waals surface area contributed by atoms with E-state index in [0.29, 0.717) is 37.7 Å². The monoisotopic (exact) mass is 448 g/mol. The minimum absolute atomic E-state index is 0.00126. The van der Waals surface area contributed by atoms with Gasteiger partial charge in [-0.15, -0.1) is 0 Å². The number of methoxy groups -OCH3 is 1. The number of amides is 2. The lowest BCUT2D eigenvalue weighted by atomic mass is 10.1. The number of halogens is 2. The number of nitrogens with zero attached hydrogens (tertiary/aromatic N) is 2. The summed E-state index contributed by atoms with van der Waals surface area (Å²) in [5.74, 6) is -0.426. The molecule has 0 radical (unpaired) electrons. The summed E-state index contributed by atoms with van der Waals surface area (Å²) in [6, 6.07) is 10.9. The number of rotatable bonds is 5. The Bertz CT molecular complexity index is 996. The third-order valence-corrected chi connectivity index (χ3v) is 5.24. The molecule has 32 heavy (non-hydrogen) atoms. The van der Waals surface area contributed by atoms with Crippen LogP contribution in [0.4, 0.5) is 14.5 Å². The van der Waals surface area contributed by atoms with Crippen LogP contribution in [0.1, 0.15) is 10.4 Å². The van der Waals surface area contributed by atoms with E-state index in [4.69, 9.17) is 14.2 Å². The Hall–Kier alpha value is -3.40. The van der Waals surface area contributed by atoms with Gasteiger partial charge >= 0.3 is 6.61 Å². The van der Waals surface area contributed by atoms with Crippen molar-refractivity contribution < 1.29 is 37.3 Å². The Morgan fingerprint density at radius 1 is 1.09 bits per heavy atom. The van der Waals surface area contributed by atoms with Crippen molar-refractivity contribution >= 4 is 17.5 Å². The van der Waals surface area contributed by atoms with E-state index in [-0.39, 0.29) is 29.5 Å². The van der Waals surface area contributed by atoms with Crippen molar-refractivity contribution in [2.45, 2.75) is 12.7 Å². The lowest BCUT2D eigenvalue weighted by Crippen LogP contribution is -2.54. The zero-order chi connectivity index (χ0) is 22.7. The van der Waals surface area contributed by atoms with Gasteiger partial charge in [0.1, 0.15) is 5.75 Å². The molecular weight excluding hydrogens is 426 g/mol. The number of fused-ring (bicyclic) bond motifs is 1. The van der Waals surface area contributed by atoms with Gasteiger partial charge in [0.25, 0.3) is 11.8 Å². The van der Waals surface area contributed by atoms with Gasteiger partial charge in [-0.3, -0.25) is 9.59 Å². The molecule has 0 N–H and O–H groups in total. The van der Waals surface area contributed by atoms with Crippen molar-refractivity contribution in [3.63, 3.8) is 0 Å². The maximum atomic E-state index is 13.4. The highest BCUT2D eigenvalue weighted by molar-refractivity contribution is 6.08. The van der Waals surface area contributed by atoms with Crippen molar-refractivity contribution in [2.75, 3.05) is 44.9 Å². The third-order valence-electron chi connectivity index (χ3n) is 5.24. The molecule has 4 rings (SSSR count). The summed E-state index contributed by atoms with van der Waals surface area (Å²) in [6.45, 7) is -1.21. The maximum Gasteiger partial charge on any atom is 0.387 e. The predicted molar refractivity (Wildman–Crippen MR) is 110 cm³/mol. The van der Waals surface area contributed by atoms with Crippen LogP contribution in [0.2, 0.25) is 0 Å². The Balaban J connectivity index is 1.62. The highest BCUT2D eigenvalue weighted by atomic mass is 19.3. The zero-order valence-corrected chi connectivity index (χ0v) is 17.3. The average Bonchev–Trinajstić information content (AvgIpc) is 2.83. The molecule has 2 aromatic rings. The Morgan fingerprint density at radius 3 is 2.56 bits per heavy atom. The molecule has 0 aromatic heterocycles. The van der Waals surface area contributed by atoms with E-state index in [1.807, 2.05) is 0 Å². The van der Waals surface area contributed by atoms with Gasteiger partial charge in [0, 0.05) is 18.7 Å². The van der Waals surface area contributed by atoms with Gasteiger partial charge in [-0.2, -0.15) is 8.78 Å². The summed E-state index contributed by atoms with van der Waals surface area (Å²) >= 11 is 0. The van der Waals surface area contributed by atoms with Gasteiger partial charge in [0.05, 0.1) is 32.6 Å². The summed E-state index contributed by atoms with van der Waals surface area (Å²) in [4.78, 5) is 29.5. The van der Waals surface area contributed by atoms with Crippen LogP contribution in [0.25, 0.3) is 0 Å². The molecular formula is C22H22F2N2O6. The number of benzene rings is 2. The number of carbonyl (C=O) groups excluding carboxylic acids is 2. The minimum Gasteiger partial charge on any atom is -0.493 e. The smallest absolute Gasteiger partial charge is 0.387 e. The lowest BCUT2D eigenvalue weighted by Gasteiger charge is -2.37. The van der Waals surface area contributed by atoms with Gasteiger partial charge in [0.2, 0.25) is 0 Å². The van der Waals surface area contributed by atoms with E-state index in [9.17, 15) is 18.4 Å². The number of alkyl halides is 2. The molecule has 0 saturated carbocycles. The first kappa shape index (κ1) is 21.8. The van der Waals surface area contributed by atoms with Crippen molar-refractivity contribution in [3.8, 4) is 17.2 Å². The van der Waals surface area contributed by atoms with Crippen LogP contribution in [0.5, 0.6) is 17.2 Å². The molecule has 0 aliphatic carbocycles. The third kappa shape index (κ3) is 4.45. The summed E-state index contributed by atoms with van der Waals surface area (Å²) in [5, 5.41) is 0. The Kier molecular flexibility index (Phi) is 6.40. The fourth-order valence-corrected chi connectivity index (χ4v) is 3.69. The number of carbonyl (C=O) groups is 2. The van der Waals surface area contributed by atoms with Crippen molar-refractivity contribution in [1.82, 2.24) is 4.90 Å². The molecule has 0 spiro atoms. The highest BCUT2D eigenvalue weighted by Gasteiger charge is 2.37. The Labute approximate surface area is 183 Å². The average molecular weight is 448 g/mol. The maximum absolute atomic E-state index is 13.4.